The van der Waals surface area contributed by atoms with Crippen LogP contribution in [-0.2, 0) is 14.4 Å². The number of non-ortho nitro benzene ring substituents is 1. The van der Waals surface area contributed by atoms with Gasteiger partial charge in [-0.15, -0.1) is 0 Å². The van der Waals surface area contributed by atoms with Gasteiger partial charge < -0.3 is 15.3 Å². The van der Waals surface area contributed by atoms with Gasteiger partial charge >= 0.3 is 0 Å². The third-order valence-electron chi connectivity index (χ3n) is 4.71. The van der Waals surface area contributed by atoms with Crippen molar-refractivity contribution in [1.29, 1.82) is 0 Å². The number of nitrogens with one attached hydrogen (secondary N) is 1. The molecule has 9 nitrogen and oxygen atoms in total. The van der Waals surface area contributed by atoms with Crippen molar-refractivity contribution in [3.05, 3.63) is 81.4 Å². The van der Waals surface area contributed by atoms with Crippen molar-refractivity contribution in [1.82, 2.24) is 10.2 Å². The predicted octanol–water partition coefficient (Wildman–Crippen LogP) is 2.15. The Balaban J connectivity index is 2.13. The third kappa shape index (κ3) is 4.04. The Labute approximate surface area is 171 Å². The molecule has 2 aromatic carbocycles. The largest absolute Gasteiger partial charge is 0.507 e. The number of hydrogen-bond donors (Lipinski definition) is 2. The highest BCUT2D eigenvalue weighted by molar-refractivity contribution is 6.46. The molecule has 0 radical (unpaired) electrons. The molecule has 0 aliphatic carbocycles. The zero-order valence-corrected chi connectivity index (χ0v) is 16.1. The number of aliphatic hydroxyl groups is 1. The first-order chi connectivity index (χ1) is 14.3. The SMILES string of the molecule is CC(=O)NCCN1C(=O)C(=O)C(=C(O)c2ccccc2)[C@@H]1c1cccc([N+](=O)[O-])c1. The summed E-state index contributed by atoms with van der Waals surface area (Å²) < 4.78 is 0. The van der Waals surface area contributed by atoms with Gasteiger partial charge in [0.15, 0.2) is 0 Å². The van der Waals surface area contributed by atoms with Crippen molar-refractivity contribution >= 4 is 29.0 Å². The van der Waals surface area contributed by atoms with E-state index in [1.807, 2.05) is 0 Å². The van der Waals surface area contributed by atoms with Crippen LogP contribution in [0.2, 0.25) is 0 Å². The normalized spacial score (nSPS) is 17.8. The standard InChI is InChI=1S/C21H19N3O6/c1-13(25)22-10-11-23-18(15-8-5-9-16(12-15)24(29)30)17(20(27)21(23)28)19(26)14-6-3-2-4-7-14/h2-9,12,18,26H,10-11H2,1H3,(H,22,25)/t18-/m0/s1. The number of nitro benzene ring substituents is 1. The number of carbonyl (C=O) groups is 3. The molecule has 0 saturated carbocycles. The maximum Gasteiger partial charge on any atom is 0.295 e. The highest BCUT2D eigenvalue weighted by Crippen LogP contribution is 2.39. The van der Waals surface area contributed by atoms with Gasteiger partial charge in [0, 0.05) is 37.7 Å². The van der Waals surface area contributed by atoms with E-state index in [4.69, 9.17) is 0 Å². The van der Waals surface area contributed by atoms with Crippen LogP contribution in [0.5, 0.6) is 0 Å². The van der Waals surface area contributed by atoms with Crippen LogP contribution in [0, 0.1) is 10.1 Å². The number of hydrogen-bond acceptors (Lipinski definition) is 6. The molecule has 2 amide bonds. The van der Waals surface area contributed by atoms with E-state index < -0.39 is 22.7 Å². The van der Waals surface area contributed by atoms with Crippen LogP contribution in [0.4, 0.5) is 5.69 Å². The molecule has 9 heteroatoms. The Bertz CT molecular complexity index is 1050. The number of likely N-dealkylation sites (tertiary alicyclic amines) is 1. The third-order valence-corrected chi connectivity index (χ3v) is 4.71. The number of Topliss-reactive ketones (excluding diaryl/α,β-unsaturated/α-hetero) is 1. The number of amides is 2. The van der Waals surface area contributed by atoms with Crippen molar-refractivity contribution in [3.8, 4) is 0 Å². The lowest BCUT2D eigenvalue weighted by molar-refractivity contribution is -0.384. The van der Waals surface area contributed by atoms with E-state index in [1.165, 1.54) is 30.0 Å². The van der Waals surface area contributed by atoms with Gasteiger partial charge in [-0.3, -0.25) is 24.5 Å². The first-order valence-corrected chi connectivity index (χ1v) is 9.14. The molecule has 0 aromatic heterocycles. The monoisotopic (exact) mass is 409 g/mol. The topological polar surface area (TPSA) is 130 Å². The summed E-state index contributed by atoms with van der Waals surface area (Å²) in [5.41, 5.74) is 0.283. The van der Waals surface area contributed by atoms with Gasteiger partial charge in [-0.25, -0.2) is 0 Å². The molecule has 1 aliphatic rings. The molecule has 2 N–H and O–H groups in total. The fourth-order valence-corrected chi connectivity index (χ4v) is 3.37. The first-order valence-electron chi connectivity index (χ1n) is 9.14. The van der Waals surface area contributed by atoms with Crippen molar-refractivity contribution in [3.63, 3.8) is 0 Å². The lowest BCUT2D eigenvalue weighted by Crippen LogP contribution is -2.37. The summed E-state index contributed by atoms with van der Waals surface area (Å²) in [6.45, 7) is 1.39. The molecular weight excluding hydrogens is 390 g/mol. The molecule has 154 valence electrons. The molecule has 0 spiro atoms. The van der Waals surface area contributed by atoms with Crippen LogP contribution in [0.3, 0.4) is 0 Å². The second-order valence-corrected chi connectivity index (χ2v) is 6.69. The van der Waals surface area contributed by atoms with E-state index in [0.717, 1.165) is 0 Å². The number of aliphatic hydroxyl groups excluding tert-OH is 1. The summed E-state index contributed by atoms with van der Waals surface area (Å²) in [5.74, 6) is -2.42. The van der Waals surface area contributed by atoms with Gasteiger partial charge in [-0.1, -0.05) is 42.5 Å². The fourth-order valence-electron chi connectivity index (χ4n) is 3.37. The molecule has 30 heavy (non-hydrogen) atoms. The lowest BCUT2D eigenvalue weighted by Gasteiger charge is -2.25. The molecule has 0 unspecified atom stereocenters. The smallest absolute Gasteiger partial charge is 0.295 e. The number of ketones is 1. The van der Waals surface area contributed by atoms with E-state index in [-0.39, 0.29) is 36.0 Å². The number of nitrogens with zero attached hydrogens (tertiary/aromatic N) is 2. The van der Waals surface area contributed by atoms with Crippen molar-refractivity contribution < 1.29 is 24.4 Å². The summed E-state index contributed by atoms with van der Waals surface area (Å²) in [5, 5.41) is 24.6. The van der Waals surface area contributed by atoms with Gasteiger partial charge in [0.1, 0.15) is 5.76 Å². The second-order valence-electron chi connectivity index (χ2n) is 6.69. The van der Waals surface area contributed by atoms with Gasteiger partial charge in [0.25, 0.3) is 17.4 Å². The number of rotatable bonds is 6. The van der Waals surface area contributed by atoms with Crippen molar-refractivity contribution in [2.75, 3.05) is 13.1 Å². The summed E-state index contributed by atoms with van der Waals surface area (Å²) in [6, 6.07) is 12.8. The number of benzene rings is 2. The van der Waals surface area contributed by atoms with E-state index in [2.05, 4.69) is 5.32 Å². The van der Waals surface area contributed by atoms with E-state index in [1.54, 1.807) is 36.4 Å². The molecule has 1 saturated heterocycles. The quantitative estimate of drug-likeness (QED) is 0.247. The van der Waals surface area contributed by atoms with Crippen LogP contribution in [-0.4, -0.2) is 45.6 Å². The summed E-state index contributed by atoms with van der Waals surface area (Å²) in [7, 11) is 0. The highest BCUT2D eigenvalue weighted by Gasteiger charge is 2.46. The summed E-state index contributed by atoms with van der Waals surface area (Å²) in [4.78, 5) is 48.5. The Morgan fingerprint density at radius 1 is 1.17 bits per heavy atom. The average molecular weight is 409 g/mol. The van der Waals surface area contributed by atoms with Crippen molar-refractivity contribution in [2.24, 2.45) is 0 Å². The van der Waals surface area contributed by atoms with E-state index >= 15 is 0 Å². The van der Waals surface area contributed by atoms with E-state index in [0.29, 0.717) is 11.1 Å². The summed E-state index contributed by atoms with van der Waals surface area (Å²) >= 11 is 0. The first kappa shape index (κ1) is 20.7. The van der Waals surface area contributed by atoms with Gasteiger partial charge in [-0.2, -0.15) is 0 Å². The predicted molar refractivity (Wildman–Crippen MR) is 107 cm³/mol. The van der Waals surface area contributed by atoms with Gasteiger partial charge in [-0.05, 0) is 5.56 Å². The van der Waals surface area contributed by atoms with E-state index in [9.17, 15) is 29.6 Å². The average Bonchev–Trinajstić information content (AvgIpc) is 2.98. The van der Waals surface area contributed by atoms with Crippen LogP contribution in [0.25, 0.3) is 5.76 Å². The maximum atomic E-state index is 12.8. The Morgan fingerprint density at radius 3 is 2.50 bits per heavy atom. The second kappa shape index (κ2) is 8.56. The molecule has 1 atom stereocenters. The minimum absolute atomic E-state index is 0.0108. The molecule has 2 aromatic rings. The van der Waals surface area contributed by atoms with Gasteiger partial charge in [0.05, 0.1) is 16.5 Å². The maximum absolute atomic E-state index is 12.8. The lowest BCUT2D eigenvalue weighted by atomic mass is 9.95. The number of nitro groups is 1. The summed E-state index contributed by atoms with van der Waals surface area (Å²) in [6.07, 6.45) is 0. The fraction of sp³-hybridized carbons (Fsp3) is 0.190. The van der Waals surface area contributed by atoms with Crippen LogP contribution in [0.1, 0.15) is 24.1 Å². The molecule has 1 fully saturated rings. The zero-order valence-electron chi connectivity index (χ0n) is 16.1. The molecule has 3 rings (SSSR count). The Morgan fingerprint density at radius 2 is 1.87 bits per heavy atom. The van der Waals surface area contributed by atoms with Crippen LogP contribution < -0.4 is 5.32 Å². The zero-order chi connectivity index (χ0) is 21.8. The Hall–Kier alpha value is -4.01. The minimum Gasteiger partial charge on any atom is -0.507 e. The van der Waals surface area contributed by atoms with Gasteiger partial charge in [0.2, 0.25) is 5.91 Å². The molecule has 0 bridgehead atoms. The molecule has 1 aliphatic heterocycles. The Kier molecular flexibility index (Phi) is 5.91. The molecular formula is C21H19N3O6. The highest BCUT2D eigenvalue weighted by atomic mass is 16.6. The minimum atomic E-state index is -1.03. The van der Waals surface area contributed by atoms with Crippen LogP contribution in [0.15, 0.2) is 60.2 Å². The number of carbonyl (C=O) groups excluding carboxylic acids is 3. The molecule has 1 heterocycles. The van der Waals surface area contributed by atoms with Crippen LogP contribution >= 0.6 is 0 Å². The van der Waals surface area contributed by atoms with Crippen molar-refractivity contribution in [2.45, 2.75) is 13.0 Å².